The zero-order valence-electron chi connectivity index (χ0n) is 43.3. The summed E-state index contributed by atoms with van der Waals surface area (Å²) in [6.45, 7) is 5.77. The largest absolute Gasteiger partial charge is 0.496 e. The Hall–Kier alpha value is -8.77. The molecule has 12 rings (SSSR count). The van der Waals surface area contributed by atoms with Crippen LogP contribution in [0.4, 0.5) is 0 Å². The van der Waals surface area contributed by atoms with Gasteiger partial charge in [0.05, 0.1) is 43.0 Å². The first-order valence-electron chi connectivity index (χ1n) is 24.5. The summed E-state index contributed by atoms with van der Waals surface area (Å²) < 4.78 is 75.1. The lowest BCUT2D eigenvalue weighted by Gasteiger charge is -2.08. The highest BCUT2D eigenvalue weighted by Gasteiger charge is 2.26. The Balaban J connectivity index is 0.000000133. The average molecular weight is 1140 g/mol. The van der Waals surface area contributed by atoms with E-state index in [9.17, 15) is 16.8 Å². The number of hydrogen-bond donors (Lipinski definition) is 1. The van der Waals surface area contributed by atoms with Crippen LogP contribution in [-0.2, 0) is 20.0 Å². The van der Waals surface area contributed by atoms with Gasteiger partial charge in [0.2, 0.25) is 0 Å². The number of methoxy groups -OCH3 is 3. The number of fused-ring (bicyclic) bond motifs is 3. The van der Waals surface area contributed by atoms with Gasteiger partial charge in [-0.1, -0.05) is 90.0 Å². The standard InChI is InChI=1S/C22H20N2O3S.C21H17BrN2O3S.C18H15N3O/c1-15-8-10-17(11-9-15)28(25,26)24-14-20(18-6-4-5-7-21(18)27-3)19-12-16(2)13-23-22(19)24;1-14-7-9-16(10-8-14)28(25,26)24-13-19(17-5-3-4-6-20(17)27-2)18-11-15(22)12-23-21(18)24;1-22-17-7-3-2-6-14(17)16-12-20-18-15(16)10-13(11-19-18)21-8-4-5-9-21/h4-14H,1-3H3;3-13H,1-2H3;2-12H,1H3,(H,19,20). The van der Waals surface area contributed by atoms with E-state index in [1.54, 1.807) is 94.6 Å². The third-order valence-electron chi connectivity index (χ3n) is 13.1. The normalized spacial score (nSPS) is 11.5. The van der Waals surface area contributed by atoms with E-state index in [0.717, 1.165) is 87.8 Å². The van der Waals surface area contributed by atoms with Crippen molar-refractivity contribution >= 4 is 69.1 Å². The monoisotopic (exact) mass is 1140 g/mol. The number of aryl methyl sites for hydroxylation is 3. The Morgan fingerprint density at radius 1 is 0.462 bits per heavy atom. The Kier molecular flexibility index (Phi) is 14.9. The van der Waals surface area contributed by atoms with Gasteiger partial charge in [-0.15, -0.1) is 0 Å². The van der Waals surface area contributed by atoms with Crippen LogP contribution < -0.4 is 14.2 Å². The molecule has 0 spiro atoms. The summed E-state index contributed by atoms with van der Waals surface area (Å²) >= 11 is 3.43. The van der Waals surface area contributed by atoms with Crippen LogP contribution in [0.25, 0.3) is 72.2 Å². The summed E-state index contributed by atoms with van der Waals surface area (Å²) in [6, 6.07) is 46.6. The number of aromatic nitrogens is 7. The molecule has 0 bridgehead atoms. The topological polar surface area (TPSA) is 165 Å². The molecule has 0 saturated heterocycles. The summed E-state index contributed by atoms with van der Waals surface area (Å²) in [5, 5.41) is 2.56. The van der Waals surface area contributed by atoms with E-state index >= 15 is 0 Å². The smallest absolute Gasteiger partial charge is 0.269 e. The highest BCUT2D eigenvalue weighted by molar-refractivity contribution is 9.10. The number of hydrogen-bond acceptors (Lipinski definition) is 10. The molecule has 12 aromatic rings. The Morgan fingerprint density at radius 2 is 0.910 bits per heavy atom. The van der Waals surface area contributed by atoms with Crippen LogP contribution in [0.1, 0.15) is 16.7 Å². The van der Waals surface area contributed by atoms with Crippen molar-refractivity contribution in [1.82, 2.24) is 32.4 Å². The molecule has 7 aromatic heterocycles. The molecule has 392 valence electrons. The van der Waals surface area contributed by atoms with Crippen LogP contribution >= 0.6 is 15.9 Å². The van der Waals surface area contributed by atoms with Gasteiger partial charge < -0.3 is 23.8 Å². The number of pyridine rings is 3. The molecule has 0 aliphatic heterocycles. The van der Waals surface area contributed by atoms with Gasteiger partial charge in [0, 0.05) is 97.4 Å². The quantitative estimate of drug-likeness (QED) is 0.132. The third kappa shape index (κ3) is 10.3. The number of ether oxygens (including phenoxy) is 3. The van der Waals surface area contributed by atoms with E-state index in [0.29, 0.717) is 22.8 Å². The molecule has 0 saturated carbocycles. The zero-order valence-corrected chi connectivity index (χ0v) is 46.5. The highest BCUT2D eigenvalue weighted by atomic mass is 79.9. The molecule has 17 heteroatoms. The summed E-state index contributed by atoms with van der Waals surface area (Å²) in [6.07, 6.45) is 14.4. The molecule has 0 amide bonds. The van der Waals surface area contributed by atoms with E-state index in [2.05, 4.69) is 48.0 Å². The van der Waals surface area contributed by atoms with Crippen LogP contribution in [0.15, 0.2) is 215 Å². The first-order valence-corrected chi connectivity index (χ1v) is 28.2. The maximum Gasteiger partial charge on any atom is 0.269 e. The van der Waals surface area contributed by atoms with Crippen molar-refractivity contribution in [3.8, 4) is 56.3 Å². The van der Waals surface area contributed by atoms with Crippen molar-refractivity contribution in [2.45, 2.75) is 30.6 Å². The van der Waals surface area contributed by atoms with Crippen molar-refractivity contribution in [2.24, 2.45) is 0 Å². The van der Waals surface area contributed by atoms with E-state index in [-0.39, 0.29) is 9.79 Å². The molecular weight excluding hydrogens is 1090 g/mol. The number of nitrogens with zero attached hydrogens (tertiary/aromatic N) is 6. The first-order chi connectivity index (χ1) is 37.7. The van der Waals surface area contributed by atoms with E-state index < -0.39 is 20.0 Å². The Bertz CT molecular complexity index is 4160. The van der Waals surface area contributed by atoms with Crippen molar-refractivity contribution in [2.75, 3.05) is 21.3 Å². The molecule has 0 atom stereocenters. The number of aromatic amines is 1. The summed E-state index contributed by atoms with van der Waals surface area (Å²) in [5.41, 5.74) is 10.9. The number of para-hydroxylation sites is 3. The van der Waals surface area contributed by atoms with Crippen molar-refractivity contribution in [1.29, 1.82) is 0 Å². The van der Waals surface area contributed by atoms with Gasteiger partial charge in [-0.3, -0.25) is 0 Å². The molecular formula is C61H52BrN7O7S2. The summed E-state index contributed by atoms with van der Waals surface area (Å²) in [7, 11) is -2.71. The van der Waals surface area contributed by atoms with Gasteiger partial charge in [-0.05, 0) is 115 Å². The van der Waals surface area contributed by atoms with Crippen LogP contribution in [0.5, 0.6) is 17.2 Å². The number of rotatable bonds is 11. The van der Waals surface area contributed by atoms with Crippen LogP contribution in [0, 0.1) is 20.8 Å². The van der Waals surface area contributed by atoms with E-state index in [1.807, 2.05) is 141 Å². The molecule has 0 radical (unpaired) electrons. The van der Waals surface area contributed by atoms with Crippen LogP contribution in [0.2, 0.25) is 0 Å². The van der Waals surface area contributed by atoms with Gasteiger partial charge in [0.1, 0.15) is 22.9 Å². The van der Waals surface area contributed by atoms with E-state index in [1.165, 1.54) is 7.94 Å². The second kappa shape index (κ2) is 22.1. The predicted molar refractivity (Wildman–Crippen MR) is 311 cm³/mol. The molecule has 78 heavy (non-hydrogen) atoms. The van der Waals surface area contributed by atoms with Crippen molar-refractivity contribution < 1.29 is 31.0 Å². The zero-order chi connectivity index (χ0) is 54.7. The lowest BCUT2D eigenvalue weighted by molar-refractivity contribution is 0.416. The minimum absolute atomic E-state index is 0.214. The maximum absolute atomic E-state index is 13.3. The van der Waals surface area contributed by atoms with Crippen molar-refractivity contribution in [3.05, 3.63) is 222 Å². The highest BCUT2D eigenvalue weighted by Crippen LogP contribution is 2.40. The maximum atomic E-state index is 13.3. The lowest BCUT2D eigenvalue weighted by atomic mass is 10.0. The fourth-order valence-electron chi connectivity index (χ4n) is 9.15. The minimum atomic E-state index is -3.80. The van der Waals surface area contributed by atoms with Gasteiger partial charge in [0.15, 0.2) is 11.3 Å². The fourth-order valence-corrected chi connectivity index (χ4v) is 12.1. The van der Waals surface area contributed by atoms with Crippen LogP contribution in [-0.4, -0.2) is 70.6 Å². The lowest BCUT2D eigenvalue weighted by Crippen LogP contribution is -2.12. The molecule has 0 aliphatic carbocycles. The Labute approximate surface area is 460 Å². The molecule has 0 unspecified atom stereocenters. The summed E-state index contributed by atoms with van der Waals surface area (Å²) in [4.78, 5) is 17.0. The van der Waals surface area contributed by atoms with Gasteiger partial charge in [0.25, 0.3) is 20.0 Å². The molecule has 1 N–H and O–H groups in total. The number of benzene rings is 5. The van der Waals surface area contributed by atoms with E-state index in [4.69, 9.17) is 14.2 Å². The SMILES string of the molecule is COc1ccccc1-c1c[nH]c2ncc(-n3cccc3)cc12.COc1ccccc1-c1cn(S(=O)(=O)c2ccc(C)cc2)c2ncc(Br)cc12.COc1ccccc1-c1cn(S(=O)(=O)c2ccc(C)cc2)c2ncc(C)cc12. The van der Waals surface area contributed by atoms with Crippen LogP contribution in [0.3, 0.4) is 0 Å². The van der Waals surface area contributed by atoms with Gasteiger partial charge in [-0.2, -0.15) is 0 Å². The summed E-state index contributed by atoms with van der Waals surface area (Å²) in [5.74, 6) is 2.19. The fraction of sp³-hybridized carbons (Fsp3) is 0.0984. The number of nitrogens with one attached hydrogen (secondary N) is 1. The molecule has 14 nitrogen and oxygen atoms in total. The molecule has 0 fully saturated rings. The molecule has 0 aliphatic rings. The minimum Gasteiger partial charge on any atom is -0.496 e. The van der Waals surface area contributed by atoms with Crippen molar-refractivity contribution in [3.63, 3.8) is 0 Å². The first kappa shape index (κ1) is 52.7. The number of H-pyrrole nitrogens is 1. The van der Waals surface area contributed by atoms with Gasteiger partial charge in [-0.25, -0.2) is 39.7 Å². The average Bonchev–Trinajstić information content (AvgIpc) is 4.50. The predicted octanol–water partition coefficient (Wildman–Crippen LogP) is 13.6. The van der Waals surface area contributed by atoms with Gasteiger partial charge >= 0.3 is 0 Å². The molecule has 5 aromatic carbocycles. The number of halogens is 1. The Morgan fingerprint density at radius 3 is 1.40 bits per heavy atom. The third-order valence-corrected chi connectivity index (χ3v) is 16.9. The second-order valence-corrected chi connectivity index (χ2v) is 22.8. The molecule has 7 heterocycles. The second-order valence-electron chi connectivity index (χ2n) is 18.2.